The third-order valence-corrected chi connectivity index (χ3v) is 10.6. The van der Waals surface area contributed by atoms with Crippen LogP contribution in [-0.2, 0) is 26.1 Å². The molecule has 0 radical (unpaired) electrons. The van der Waals surface area contributed by atoms with Gasteiger partial charge in [-0.25, -0.2) is 16.8 Å². The molecule has 0 bridgehead atoms. The van der Waals surface area contributed by atoms with Gasteiger partial charge in [-0.1, -0.05) is 31.5 Å². The smallest absolute Gasteiger partial charge is 0.187 e. The van der Waals surface area contributed by atoms with E-state index >= 15 is 0 Å². The first kappa shape index (κ1) is 28.4. The zero-order valence-electron chi connectivity index (χ0n) is 20.5. The van der Waals surface area contributed by atoms with Crippen molar-refractivity contribution in [1.82, 2.24) is 0 Å². The molecular weight excluding hydrogens is 538 g/mol. The summed E-state index contributed by atoms with van der Waals surface area (Å²) in [5.41, 5.74) is 0.909. The Labute approximate surface area is 222 Å². The summed E-state index contributed by atoms with van der Waals surface area (Å²) in [7, 11) is -6.77. The summed E-state index contributed by atoms with van der Waals surface area (Å²) in [6.45, 7) is 4.43. The average Bonchev–Trinajstić information content (AvgIpc) is 3.31. The van der Waals surface area contributed by atoms with Crippen molar-refractivity contribution >= 4 is 54.1 Å². The van der Waals surface area contributed by atoms with Gasteiger partial charge in [-0.05, 0) is 72.9 Å². The van der Waals surface area contributed by atoms with Gasteiger partial charge in [0, 0.05) is 40.4 Å². The van der Waals surface area contributed by atoms with E-state index in [1.54, 1.807) is 60.7 Å². The fourth-order valence-corrected chi connectivity index (χ4v) is 7.36. The zero-order valence-corrected chi connectivity index (χ0v) is 23.7. The highest BCUT2D eigenvalue weighted by atomic mass is 35.5. The summed E-state index contributed by atoms with van der Waals surface area (Å²) < 4.78 is 49.8. The molecule has 0 saturated carbocycles. The second-order valence-electron chi connectivity index (χ2n) is 9.54. The monoisotopic (exact) mass is 567 g/mol. The number of rotatable bonds is 12. The van der Waals surface area contributed by atoms with Crippen molar-refractivity contribution < 1.29 is 21.6 Å². The highest BCUT2D eigenvalue weighted by Crippen LogP contribution is 2.29. The van der Waals surface area contributed by atoms with Crippen LogP contribution in [0.3, 0.4) is 0 Å². The minimum atomic E-state index is -3.47. The first-order chi connectivity index (χ1) is 16.7. The number of anilines is 1. The molecule has 0 aliphatic carbocycles. The molecule has 0 amide bonds. The number of Topliss-reactive ketones (excluding diaryl/α,β-unsaturated/α-hetero) is 1. The Morgan fingerprint density at radius 1 is 1.00 bits per heavy atom. The third kappa shape index (κ3) is 8.16. The van der Waals surface area contributed by atoms with E-state index in [4.69, 9.17) is 11.6 Å². The van der Waals surface area contributed by atoms with Gasteiger partial charge in [0.1, 0.15) is 4.21 Å². The van der Waals surface area contributed by atoms with E-state index in [2.05, 4.69) is 5.32 Å². The number of carbonyl (C=O) groups is 1. The van der Waals surface area contributed by atoms with Crippen LogP contribution in [0.1, 0.15) is 41.9 Å². The van der Waals surface area contributed by atoms with Crippen LogP contribution in [0.15, 0.2) is 69.8 Å². The Bertz CT molecular complexity index is 1430. The zero-order chi connectivity index (χ0) is 26.6. The lowest BCUT2D eigenvalue weighted by Gasteiger charge is -2.25. The number of nitrogens with one attached hydrogen (secondary N) is 1. The molecule has 0 aliphatic rings. The molecule has 10 heteroatoms. The maximum atomic E-state index is 13.0. The van der Waals surface area contributed by atoms with E-state index in [0.717, 1.165) is 11.1 Å². The maximum absolute atomic E-state index is 13.0. The number of hydrogen-bond donors (Lipinski definition) is 1. The Hall–Kier alpha value is -2.20. The number of benzene rings is 2. The van der Waals surface area contributed by atoms with Gasteiger partial charge in [0.05, 0.1) is 10.6 Å². The lowest BCUT2D eigenvalue weighted by Crippen LogP contribution is -2.26. The van der Waals surface area contributed by atoms with Crippen LogP contribution in [0.5, 0.6) is 0 Å². The summed E-state index contributed by atoms with van der Waals surface area (Å²) in [5.74, 6) is -0.0184. The van der Waals surface area contributed by atoms with Crippen molar-refractivity contribution in [3.63, 3.8) is 0 Å². The van der Waals surface area contributed by atoms with Crippen LogP contribution in [0.25, 0.3) is 0 Å². The minimum Gasteiger partial charge on any atom is -0.384 e. The fourth-order valence-electron chi connectivity index (χ4n) is 3.45. The largest absolute Gasteiger partial charge is 0.384 e. The number of halogens is 1. The van der Waals surface area contributed by atoms with E-state index in [1.165, 1.54) is 11.3 Å². The molecule has 0 aliphatic heterocycles. The Balaban J connectivity index is 1.54. The summed E-state index contributed by atoms with van der Waals surface area (Å²) >= 11 is 7.07. The first-order valence-corrected chi connectivity index (χ1v) is 16.1. The van der Waals surface area contributed by atoms with Crippen molar-refractivity contribution in [1.29, 1.82) is 0 Å². The topological polar surface area (TPSA) is 97.4 Å². The number of hydrogen-bond acceptors (Lipinski definition) is 7. The quantitative estimate of drug-likeness (QED) is 0.273. The molecule has 1 aromatic heterocycles. The third-order valence-electron chi connectivity index (χ3n) is 5.79. The summed E-state index contributed by atoms with van der Waals surface area (Å²) in [6.07, 6.45) is 2.36. The number of ketones is 1. The molecule has 1 heterocycles. The molecule has 3 rings (SSSR count). The molecule has 3 aromatic rings. The van der Waals surface area contributed by atoms with Crippen LogP contribution >= 0.6 is 22.9 Å². The SMILES string of the molecule is CC(C)(CCS(=O)(=O)c1ccc(CCC(=O)c2ccc(Cl)cc2)s1)CNc1cccc(S(C)(=O)=O)c1. The molecule has 36 heavy (non-hydrogen) atoms. The lowest BCUT2D eigenvalue weighted by atomic mass is 9.90. The first-order valence-electron chi connectivity index (χ1n) is 11.4. The minimum absolute atomic E-state index is 0.00524. The maximum Gasteiger partial charge on any atom is 0.187 e. The summed E-state index contributed by atoms with van der Waals surface area (Å²) in [4.78, 5) is 13.5. The van der Waals surface area contributed by atoms with Crippen LogP contribution in [0.2, 0.25) is 5.02 Å². The highest BCUT2D eigenvalue weighted by molar-refractivity contribution is 7.93. The van der Waals surface area contributed by atoms with E-state index in [-0.39, 0.29) is 21.8 Å². The molecule has 0 spiro atoms. The van der Waals surface area contributed by atoms with Crippen molar-refractivity contribution in [3.8, 4) is 0 Å². The second kappa shape index (κ2) is 11.5. The van der Waals surface area contributed by atoms with Crippen LogP contribution in [-0.4, -0.2) is 41.2 Å². The molecule has 0 atom stereocenters. The predicted octanol–water partition coefficient (Wildman–Crippen LogP) is 5.92. The molecule has 0 saturated heterocycles. The van der Waals surface area contributed by atoms with Gasteiger partial charge in [0.25, 0.3) is 0 Å². The predicted molar refractivity (Wildman–Crippen MR) is 147 cm³/mol. The van der Waals surface area contributed by atoms with Gasteiger partial charge >= 0.3 is 0 Å². The molecular formula is C26H30ClNO5S3. The van der Waals surface area contributed by atoms with Crippen molar-refractivity contribution in [3.05, 3.63) is 76.1 Å². The van der Waals surface area contributed by atoms with Crippen molar-refractivity contribution in [2.75, 3.05) is 23.9 Å². The van der Waals surface area contributed by atoms with Crippen LogP contribution in [0, 0.1) is 5.41 Å². The van der Waals surface area contributed by atoms with E-state index in [0.29, 0.717) is 46.3 Å². The molecule has 0 fully saturated rings. The molecule has 194 valence electrons. The number of sulfone groups is 2. The van der Waals surface area contributed by atoms with Gasteiger partial charge < -0.3 is 5.32 Å². The Morgan fingerprint density at radius 2 is 1.69 bits per heavy atom. The standard InChI is InChI=1S/C26H30ClNO5S3/c1-26(2,18-28-21-5-4-6-23(17-21)35(3,30)31)15-16-36(32,33)25-14-12-22(34-25)11-13-24(29)19-7-9-20(27)10-8-19/h4-10,12,14,17,28H,11,13,15-16,18H2,1-3H3. The number of carbonyl (C=O) groups excluding carboxylic acids is 1. The summed E-state index contributed by atoms with van der Waals surface area (Å²) in [5, 5.41) is 3.79. The van der Waals surface area contributed by atoms with Gasteiger partial charge in [0.15, 0.2) is 25.5 Å². The van der Waals surface area contributed by atoms with Crippen LogP contribution < -0.4 is 5.32 Å². The molecule has 6 nitrogen and oxygen atoms in total. The van der Waals surface area contributed by atoms with E-state index in [1.807, 2.05) is 13.8 Å². The van der Waals surface area contributed by atoms with Gasteiger partial charge in [0.2, 0.25) is 0 Å². The van der Waals surface area contributed by atoms with Gasteiger partial charge in [-0.15, -0.1) is 11.3 Å². The average molecular weight is 568 g/mol. The Morgan fingerprint density at radius 3 is 2.36 bits per heavy atom. The highest BCUT2D eigenvalue weighted by Gasteiger charge is 2.24. The van der Waals surface area contributed by atoms with E-state index < -0.39 is 19.7 Å². The number of aryl methyl sites for hydroxylation is 1. The van der Waals surface area contributed by atoms with Crippen molar-refractivity contribution in [2.45, 2.75) is 42.2 Å². The van der Waals surface area contributed by atoms with Crippen LogP contribution in [0.4, 0.5) is 5.69 Å². The molecule has 0 unspecified atom stereocenters. The van der Waals surface area contributed by atoms with E-state index in [9.17, 15) is 21.6 Å². The van der Waals surface area contributed by atoms with Gasteiger partial charge in [-0.2, -0.15) is 0 Å². The van der Waals surface area contributed by atoms with Crippen molar-refractivity contribution in [2.24, 2.45) is 5.41 Å². The number of thiophene rings is 1. The molecule has 1 N–H and O–H groups in total. The second-order valence-corrected chi connectivity index (χ2v) is 15.5. The summed E-state index contributed by atoms with van der Waals surface area (Å²) in [6, 6.07) is 16.7. The molecule has 2 aromatic carbocycles. The van der Waals surface area contributed by atoms with Gasteiger partial charge in [-0.3, -0.25) is 4.79 Å². The Kier molecular flexibility index (Phi) is 9.03. The fraction of sp³-hybridized carbons (Fsp3) is 0.346. The normalized spacial score (nSPS) is 12.4. The lowest BCUT2D eigenvalue weighted by molar-refractivity contribution is 0.0983.